The molecule has 2 heteroatoms. The fourth-order valence-electron chi connectivity index (χ4n) is 2.36. The fraction of sp³-hybridized carbons (Fsp3) is 0.600. The summed E-state index contributed by atoms with van der Waals surface area (Å²) in [5.41, 5.74) is 2.89. The van der Waals surface area contributed by atoms with Gasteiger partial charge in [-0.3, -0.25) is 0 Å². The Morgan fingerprint density at radius 2 is 2.00 bits per heavy atom. The summed E-state index contributed by atoms with van der Waals surface area (Å²) in [5, 5.41) is 3.56. The molecular formula is C15H23NO. The summed E-state index contributed by atoms with van der Waals surface area (Å²) in [4.78, 5) is 0. The van der Waals surface area contributed by atoms with E-state index in [9.17, 15) is 0 Å². The Labute approximate surface area is 104 Å². The molecule has 1 saturated heterocycles. The minimum Gasteiger partial charge on any atom is -0.378 e. The predicted octanol–water partition coefficient (Wildman–Crippen LogP) is 2.73. The highest BCUT2D eigenvalue weighted by Gasteiger charge is 2.27. The van der Waals surface area contributed by atoms with Crippen molar-refractivity contribution in [2.24, 2.45) is 0 Å². The van der Waals surface area contributed by atoms with Gasteiger partial charge >= 0.3 is 0 Å². The van der Waals surface area contributed by atoms with E-state index in [-0.39, 0.29) is 5.54 Å². The van der Waals surface area contributed by atoms with Gasteiger partial charge in [-0.05, 0) is 30.4 Å². The van der Waals surface area contributed by atoms with Gasteiger partial charge < -0.3 is 10.1 Å². The molecule has 2 nitrogen and oxygen atoms in total. The molecule has 1 aromatic rings. The summed E-state index contributed by atoms with van der Waals surface area (Å²) in [6, 6.07) is 8.98. The van der Waals surface area contributed by atoms with Crippen molar-refractivity contribution in [2.45, 2.75) is 38.6 Å². The lowest BCUT2D eigenvalue weighted by Crippen LogP contribution is -2.53. The molecule has 1 aromatic carbocycles. The van der Waals surface area contributed by atoms with Crippen LogP contribution in [0.4, 0.5) is 0 Å². The second-order valence-corrected chi connectivity index (χ2v) is 5.61. The van der Waals surface area contributed by atoms with E-state index in [0.29, 0.717) is 5.92 Å². The maximum Gasteiger partial charge on any atom is 0.0649 e. The third-order valence-corrected chi connectivity index (χ3v) is 3.46. The van der Waals surface area contributed by atoms with Gasteiger partial charge in [0.05, 0.1) is 13.2 Å². The van der Waals surface area contributed by atoms with Crippen molar-refractivity contribution in [3.05, 3.63) is 35.4 Å². The lowest BCUT2D eigenvalue weighted by Gasteiger charge is -2.35. The number of nitrogens with one attached hydrogen (secondary N) is 1. The van der Waals surface area contributed by atoms with Crippen molar-refractivity contribution in [1.82, 2.24) is 5.32 Å². The van der Waals surface area contributed by atoms with E-state index < -0.39 is 0 Å². The van der Waals surface area contributed by atoms with E-state index in [4.69, 9.17) is 4.74 Å². The van der Waals surface area contributed by atoms with E-state index in [2.05, 4.69) is 50.4 Å². The molecule has 0 spiro atoms. The third kappa shape index (κ3) is 3.30. The van der Waals surface area contributed by atoms with Gasteiger partial charge in [0, 0.05) is 12.1 Å². The molecule has 0 aliphatic carbocycles. The maximum absolute atomic E-state index is 5.56. The average molecular weight is 233 g/mol. The van der Waals surface area contributed by atoms with Crippen LogP contribution in [0.1, 0.15) is 37.8 Å². The Kier molecular flexibility index (Phi) is 3.85. The van der Waals surface area contributed by atoms with Gasteiger partial charge in [0.2, 0.25) is 0 Å². The number of rotatable bonds is 3. The Hall–Kier alpha value is -0.860. The van der Waals surface area contributed by atoms with E-state index in [1.165, 1.54) is 11.1 Å². The SMILES string of the molecule is CC(C)c1ccc(CC2(C)COCCN2)cc1. The molecule has 1 heterocycles. The molecule has 0 amide bonds. The zero-order valence-corrected chi connectivity index (χ0v) is 11.1. The molecule has 0 aromatic heterocycles. The molecule has 94 valence electrons. The number of hydrogen-bond acceptors (Lipinski definition) is 2. The number of ether oxygens (including phenoxy) is 1. The normalized spacial score (nSPS) is 25.2. The van der Waals surface area contributed by atoms with Gasteiger partial charge in [-0.15, -0.1) is 0 Å². The molecule has 1 unspecified atom stereocenters. The topological polar surface area (TPSA) is 21.3 Å². The van der Waals surface area contributed by atoms with Crippen LogP contribution in [0.3, 0.4) is 0 Å². The van der Waals surface area contributed by atoms with Crippen LogP contribution in [0.5, 0.6) is 0 Å². The second kappa shape index (κ2) is 5.19. The minimum absolute atomic E-state index is 0.0948. The smallest absolute Gasteiger partial charge is 0.0649 e. The van der Waals surface area contributed by atoms with Gasteiger partial charge in [0.1, 0.15) is 0 Å². The largest absolute Gasteiger partial charge is 0.378 e. The molecule has 1 aliphatic rings. The summed E-state index contributed by atoms with van der Waals surface area (Å²) in [5.74, 6) is 0.607. The molecule has 1 fully saturated rings. The van der Waals surface area contributed by atoms with E-state index in [1.807, 2.05) is 0 Å². The van der Waals surface area contributed by atoms with Gasteiger partial charge in [0.15, 0.2) is 0 Å². The van der Waals surface area contributed by atoms with Crippen LogP contribution in [0, 0.1) is 0 Å². The van der Waals surface area contributed by atoms with Crippen molar-refractivity contribution in [2.75, 3.05) is 19.8 Å². The highest BCUT2D eigenvalue weighted by molar-refractivity contribution is 5.26. The van der Waals surface area contributed by atoms with Crippen molar-refractivity contribution >= 4 is 0 Å². The van der Waals surface area contributed by atoms with Crippen LogP contribution in [0.2, 0.25) is 0 Å². The lowest BCUT2D eigenvalue weighted by molar-refractivity contribution is 0.0356. The van der Waals surface area contributed by atoms with Gasteiger partial charge in [-0.2, -0.15) is 0 Å². The summed E-state index contributed by atoms with van der Waals surface area (Å²) < 4.78 is 5.56. The summed E-state index contributed by atoms with van der Waals surface area (Å²) in [6.45, 7) is 9.30. The molecule has 0 radical (unpaired) electrons. The molecule has 17 heavy (non-hydrogen) atoms. The fourth-order valence-corrected chi connectivity index (χ4v) is 2.36. The van der Waals surface area contributed by atoms with E-state index in [1.54, 1.807) is 0 Å². The van der Waals surface area contributed by atoms with Crippen LogP contribution in [0.25, 0.3) is 0 Å². The molecule has 2 rings (SSSR count). The van der Waals surface area contributed by atoms with Crippen LogP contribution in [-0.2, 0) is 11.2 Å². The Bertz CT molecular complexity index is 350. The molecule has 0 bridgehead atoms. The Balaban J connectivity index is 2.03. The maximum atomic E-state index is 5.56. The monoisotopic (exact) mass is 233 g/mol. The van der Waals surface area contributed by atoms with Crippen molar-refractivity contribution in [3.63, 3.8) is 0 Å². The summed E-state index contributed by atoms with van der Waals surface area (Å²) in [7, 11) is 0. The Morgan fingerprint density at radius 3 is 2.53 bits per heavy atom. The Morgan fingerprint density at radius 1 is 1.29 bits per heavy atom. The highest BCUT2D eigenvalue weighted by Crippen LogP contribution is 2.19. The molecule has 1 aliphatic heterocycles. The number of morpholine rings is 1. The van der Waals surface area contributed by atoms with Crippen LogP contribution < -0.4 is 5.32 Å². The van der Waals surface area contributed by atoms with Crippen molar-refractivity contribution < 1.29 is 4.74 Å². The standard InChI is InChI=1S/C15H23NO/c1-12(2)14-6-4-13(5-7-14)10-15(3)11-17-9-8-16-15/h4-7,12,16H,8-11H2,1-3H3. The van der Waals surface area contributed by atoms with Crippen LogP contribution in [-0.4, -0.2) is 25.3 Å². The summed E-state index contributed by atoms with van der Waals surface area (Å²) >= 11 is 0. The average Bonchev–Trinajstić information content (AvgIpc) is 2.30. The third-order valence-electron chi connectivity index (χ3n) is 3.46. The van der Waals surface area contributed by atoms with Gasteiger partial charge in [-0.1, -0.05) is 38.1 Å². The zero-order chi connectivity index (χ0) is 12.3. The molecular weight excluding hydrogens is 210 g/mol. The molecule has 1 N–H and O–H groups in total. The van der Waals surface area contributed by atoms with E-state index >= 15 is 0 Å². The molecule has 0 saturated carbocycles. The predicted molar refractivity (Wildman–Crippen MR) is 71.5 cm³/mol. The van der Waals surface area contributed by atoms with Crippen molar-refractivity contribution in [1.29, 1.82) is 0 Å². The highest BCUT2D eigenvalue weighted by atomic mass is 16.5. The minimum atomic E-state index is 0.0948. The van der Waals surface area contributed by atoms with Gasteiger partial charge in [0.25, 0.3) is 0 Å². The van der Waals surface area contributed by atoms with Crippen LogP contribution >= 0.6 is 0 Å². The first-order valence-electron chi connectivity index (χ1n) is 6.51. The number of benzene rings is 1. The van der Waals surface area contributed by atoms with Crippen LogP contribution in [0.15, 0.2) is 24.3 Å². The summed E-state index contributed by atoms with van der Waals surface area (Å²) in [6.07, 6.45) is 1.03. The first-order chi connectivity index (χ1) is 8.09. The van der Waals surface area contributed by atoms with Gasteiger partial charge in [-0.25, -0.2) is 0 Å². The first-order valence-corrected chi connectivity index (χ1v) is 6.51. The van der Waals surface area contributed by atoms with E-state index in [0.717, 1.165) is 26.2 Å². The molecule has 1 atom stereocenters. The number of hydrogen-bond donors (Lipinski definition) is 1. The second-order valence-electron chi connectivity index (χ2n) is 5.61. The van der Waals surface area contributed by atoms with Crippen molar-refractivity contribution in [3.8, 4) is 0 Å². The first kappa shape index (κ1) is 12.6. The quantitative estimate of drug-likeness (QED) is 0.866. The zero-order valence-electron chi connectivity index (χ0n) is 11.1. The lowest BCUT2D eigenvalue weighted by atomic mass is 9.91.